The van der Waals surface area contributed by atoms with Gasteiger partial charge in [0.2, 0.25) is 0 Å². The Labute approximate surface area is 153 Å². The molecule has 0 aliphatic heterocycles. The summed E-state index contributed by atoms with van der Waals surface area (Å²) < 4.78 is 0. The zero-order valence-electron chi connectivity index (χ0n) is 12.4. The fourth-order valence-electron chi connectivity index (χ4n) is 1.86. The van der Waals surface area contributed by atoms with Gasteiger partial charge < -0.3 is 5.32 Å². The molecule has 2 aromatic carbocycles. The molecule has 9 heteroatoms. The summed E-state index contributed by atoms with van der Waals surface area (Å²) in [6.45, 7) is 1.73. The highest BCUT2D eigenvalue weighted by molar-refractivity contribution is 7.80. The Bertz CT molecular complexity index is 827. The predicted molar refractivity (Wildman–Crippen MR) is 101 cm³/mol. The first-order valence-electron chi connectivity index (χ1n) is 6.68. The largest absolute Gasteiger partial charge is 0.326 e. The number of nitrogens with zero attached hydrogens (tertiary/aromatic N) is 2. The first-order valence-corrected chi connectivity index (χ1v) is 7.85. The molecule has 0 atom stereocenters. The molecule has 24 heavy (non-hydrogen) atoms. The van der Waals surface area contributed by atoms with Gasteiger partial charge in [-0.05, 0) is 43.4 Å². The van der Waals surface area contributed by atoms with Crippen molar-refractivity contribution in [3.05, 3.63) is 68.2 Å². The van der Waals surface area contributed by atoms with Gasteiger partial charge in [0.25, 0.3) is 5.69 Å². The monoisotopic (exact) mass is 382 g/mol. The highest BCUT2D eigenvalue weighted by Gasteiger charge is 2.13. The van der Waals surface area contributed by atoms with E-state index in [9.17, 15) is 10.1 Å². The summed E-state index contributed by atoms with van der Waals surface area (Å²) in [4.78, 5) is 10.5. The van der Waals surface area contributed by atoms with Crippen molar-refractivity contribution in [2.75, 3.05) is 5.32 Å². The molecular weight excluding hydrogens is 371 g/mol. The van der Waals surface area contributed by atoms with Gasteiger partial charge in [-0.2, -0.15) is 5.10 Å². The molecule has 2 aromatic rings. The summed E-state index contributed by atoms with van der Waals surface area (Å²) >= 11 is 17.1. The van der Waals surface area contributed by atoms with E-state index in [0.717, 1.165) is 0 Å². The molecule has 0 aliphatic rings. The molecule has 124 valence electrons. The van der Waals surface area contributed by atoms with Crippen LogP contribution in [0.25, 0.3) is 0 Å². The lowest BCUT2D eigenvalue weighted by Crippen LogP contribution is -2.25. The van der Waals surface area contributed by atoms with E-state index in [1.165, 1.54) is 6.07 Å². The Morgan fingerprint density at radius 3 is 2.67 bits per heavy atom. The highest BCUT2D eigenvalue weighted by Crippen LogP contribution is 2.23. The topological polar surface area (TPSA) is 79.6 Å². The van der Waals surface area contributed by atoms with Gasteiger partial charge in [0, 0.05) is 21.7 Å². The number of anilines is 1. The van der Waals surface area contributed by atoms with Crippen LogP contribution in [0, 0.1) is 10.1 Å². The highest BCUT2D eigenvalue weighted by atomic mass is 35.5. The van der Waals surface area contributed by atoms with E-state index in [1.807, 2.05) is 0 Å². The van der Waals surface area contributed by atoms with Gasteiger partial charge in [-0.3, -0.25) is 15.5 Å². The second kappa shape index (κ2) is 8.05. The van der Waals surface area contributed by atoms with Crippen molar-refractivity contribution in [1.82, 2.24) is 5.43 Å². The van der Waals surface area contributed by atoms with Crippen LogP contribution in [-0.4, -0.2) is 15.7 Å². The Kier molecular flexibility index (Phi) is 6.08. The molecule has 0 unspecified atom stereocenters. The minimum absolute atomic E-state index is 0.0831. The van der Waals surface area contributed by atoms with Crippen LogP contribution in [0.5, 0.6) is 0 Å². The first-order chi connectivity index (χ1) is 11.4. The molecule has 0 spiro atoms. The van der Waals surface area contributed by atoms with Crippen LogP contribution in [0.2, 0.25) is 10.0 Å². The molecule has 0 radical (unpaired) electrons. The number of nitro benzene ring substituents is 1. The number of nitro groups is 1. The van der Waals surface area contributed by atoms with Gasteiger partial charge in [0.1, 0.15) is 5.69 Å². The number of nitrogens with one attached hydrogen (secondary N) is 2. The van der Waals surface area contributed by atoms with Gasteiger partial charge in [0.05, 0.1) is 10.6 Å². The number of hydrogen-bond donors (Lipinski definition) is 2. The van der Waals surface area contributed by atoms with Gasteiger partial charge in [-0.1, -0.05) is 35.3 Å². The molecule has 6 nitrogen and oxygen atoms in total. The minimum atomic E-state index is -0.495. The molecule has 0 fully saturated rings. The Hall–Kier alpha value is -2.22. The molecule has 0 amide bonds. The number of rotatable bonds is 4. The van der Waals surface area contributed by atoms with Crippen molar-refractivity contribution in [3.63, 3.8) is 0 Å². The minimum Gasteiger partial charge on any atom is -0.326 e. The lowest BCUT2D eigenvalue weighted by atomic mass is 10.1. The average Bonchev–Trinajstić information content (AvgIpc) is 2.55. The lowest BCUT2D eigenvalue weighted by molar-refractivity contribution is -0.383. The van der Waals surface area contributed by atoms with Crippen LogP contribution in [0.3, 0.4) is 0 Å². The summed E-state index contributed by atoms with van der Waals surface area (Å²) in [6.07, 6.45) is 0. The van der Waals surface area contributed by atoms with Crippen molar-refractivity contribution in [3.8, 4) is 0 Å². The van der Waals surface area contributed by atoms with E-state index in [2.05, 4.69) is 15.8 Å². The number of para-hydroxylation sites is 2. The molecule has 2 rings (SSSR count). The summed E-state index contributed by atoms with van der Waals surface area (Å²) in [5.41, 5.74) is 4.04. The maximum atomic E-state index is 11.0. The van der Waals surface area contributed by atoms with Crippen LogP contribution in [0.1, 0.15) is 12.5 Å². The smallest absolute Gasteiger partial charge is 0.292 e. The average molecular weight is 383 g/mol. The fraction of sp³-hybridized carbons (Fsp3) is 0.0667. The quantitative estimate of drug-likeness (QED) is 0.349. The second-order valence-electron chi connectivity index (χ2n) is 4.66. The molecule has 2 N–H and O–H groups in total. The van der Waals surface area contributed by atoms with Gasteiger partial charge in [-0.15, -0.1) is 0 Å². The van der Waals surface area contributed by atoms with Crippen molar-refractivity contribution in [1.29, 1.82) is 0 Å². The normalized spacial score (nSPS) is 11.0. The maximum Gasteiger partial charge on any atom is 0.292 e. The van der Waals surface area contributed by atoms with Crippen LogP contribution < -0.4 is 10.7 Å². The second-order valence-corrected chi connectivity index (χ2v) is 5.91. The summed E-state index contributed by atoms with van der Waals surface area (Å²) in [5, 5.41) is 19.0. The van der Waals surface area contributed by atoms with Gasteiger partial charge >= 0.3 is 0 Å². The van der Waals surface area contributed by atoms with Gasteiger partial charge in [-0.25, -0.2) is 0 Å². The fourth-order valence-corrected chi connectivity index (χ4v) is 2.44. The van der Waals surface area contributed by atoms with E-state index in [0.29, 0.717) is 21.3 Å². The van der Waals surface area contributed by atoms with Crippen LogP contribution >= 0.6 is 35.4 Å². The Morgan fingerprint density at radius 2 is 1.96 bits per heavy atom. The van der Waals surface area contributed by atoms with Crippen molar-refractivity contribution < 1.29 is 4.92 Å². The van der Waals surface area contributed by atoms with E-state index in [4.69, 9.17) is 35.4 Å². The number of thiocarbonyl (C=S) groups is 1. The molecular formula is C15H12Cl2N4O2S. The van der Waals surface area contributed by atoms with E-state index in [-0.39, 0.29) is 16.5 Å². The third kappa shape index (κ3) is 4.64. The molecule has 0 aromatic heterocycles. The number of halogens is 2. The van der Waals surface area contributed by atoms with Crippen LogP contribution in [-0.2, 0) is 0 Å². The maximum absolute atomic E-state index is 11.0. The summed E-state index contributed by atoms with van der Waals surface area (Å²) in [6, 6.07) is 11.2. The number of hydrazone groups is 1. The van der Waals surface area contributed by atoms with E-state index in [1.54, 1.807) is 43.3 Å². The Balaban J connectivity index is 2.10. The molecule has 0 heterocycles. The summed E-state index contributed by atoms with van der Waals surface area (Å²) in [5.74, 6) is 0. The lowest BCUT2D eigenvalue weighted by Gasteiger charge is -2.09. The zero-order chi connectivity index (χ0) is 17.7. The molecule has 0 bridgehead atoms. The van der Waals surface area contributed by atoms with E-state index >= 15 is 0 Å². The van der Waals surface area contributed by atoms with Crippen LogP contribution in [0.4, 0.5) is 11.4 Å². The predicted octanol–water partition coefficient (Wildman–Crippen LogP) is 4.61. The number of hydrogen-bond acceptors (Lipinski definition) is 4. The summed E-state index contributed by atoms with van der Waals surface area (Å²) in [7, 11) is 0. The number of benzene rings is 2. The van der Waals surface area contributed by atoms with Crippen molar-refractivity contribution >= 4 is 57.6 Å². The standard InChI is InChI=1S/C15H12Cl2N4O2S/c1-9(11-8-10(16)6-7-12(11)17)19-20-15(24)18-13-4-2-3-5-14(13)21(22)23/h2-8H,1H3,(H2,18,20,24)/b19-9-. The SMILES string of the molecule is C/C(=N/NC(=S)Nc1ccccc1[N+](=O)[O-])c1cc(Cl)ccc1Cl. The third-order valence-electron chi connectivity index (χ3n) is 2.99. The molecule has 0 aliphatic carbocycles. The first kappa shape index (κ1) is 18.1. The third-order valence-corrected chi connectivity index (χ3v) is 3.75. The Morgan fingerprint density at radius 1 is 1.25 bits per heavy atom. The molecule has 0 saturated carbocycles. The van der Waals surface area contributed by atoms with Crippen LogP contribution in [0.15, 0.2) is 47.6 Å². The van der Waals surface area contributed by atoms with Crippen molar-refractivity contribution in [2.45, 2.75) is 6.92 Å². The molecule has 0 saturated heterocycles. The van der Waals surface area contributed by atoms with E-state index < -0.39 is 4.92 Å². The zero-order valence-corrected chi connectivity index (χ0v) is 14.7. The van der Waals surface area contributed by atoms with Crippen molar-refractivity contribution in [2.24, 2.45) is 5.10 Å². The van der Waals surface area contributed by atoms with Gasteiger partial charge in [0.15, 0.2) is 5.11 Å².